The molecule has 100 valence electrons. The molecule has 0 atom stereocenters. The van der Waals surface area contributed by atoms with Crippen LogP contribution in [0.4, 0.5) is 5.69 Å². The number of pyridine rings is 1. The van der Waals surface area contributed by atoms with E-state index in [1.165, 1.54) is 18.3 Å². The molecule has 0 aliphatic carbocycles. The fraction of sp³-hybridized carbons (Fsp3) is 0.154. The molecular formula is C13H14N2O3S. The lowest BCUT2D eigenvalue weighted by molar-refractivity contribution is 0.461. The fourth-order valence-electron chi connectivity index (χ4n) is 1.49. The molecular weight excluding hydrogens is 264 g/mol. The number of ether oxygens (including phenoxy) is 1. The van der Waals surface area contributed by atoms with Crippen LogP contribution < -0.4 is 10.5 Å². The van der Waals surface area contributed by atoms with Crippen LogP contribution in [-0.2, 0) is 9.84 Å². The molecule has 2 rings (SSSR count). The Bertz CT molecular complexity index is 712. The summed E-state index contributed by atoms with van der Waals surface area (Å²) < 4.78 is 28.4. The average Bonchev–Trinajstić information content (AvgIpc) is 2.33. The molecule has 0 bridgehead atoms. The van der Waals surface area contributed by atoms with Crippen LogP contribution in [0.15, 0.2) is 41.4 Å². The van der Waals surface area contributed by atoms with E-state index in [9.17, 15) is 8.42 Å². The Balaban J connectivity index is 2.31. The van der Waals surface area contributed by atoms with Crippen molar-refractivity contribution in [3.63, 3.8) is 0 Å². The van der Waals surface area contributed by atoms with Gasteiger partial charge in [0.15, 0.2) is 9.84 Å². The normalized spacial score (nSPS) is 11.3. The second-order valence-corrected chi connectivity index (χ2v) is 6.24. The van der Waals surface area contributed by atoms with Gasteiger partial charge in [-0.05, 0) is 30.7 Å². The molecule has 1 heterocycles. The van der Waals surface area contributed by atoms with E-state index >= 15 is 0 Å². The number of nitrogens with two attached hydrogens (primary N) is 1. The highest BCUT2D eigenvalue weighted by molar-refractivity contribution is 7.90. The molecule has 0 unspecified atom stereocenters. The lowest BCUT2D eigenvalue weighted by Crippen LogP contribution is -1.98. The van der Waals surface area contributed by atoms with Gasteiger partial charge < -0.3 is 10.5 Å². The van der Waals surface area contributed by atoms with Crippen molar-refractivity contribution >= 4 is 15.5 Å². The maximum absolute atomic E-state index is 11.4. The summed E-state index contributed by atoms with van der Waals surface area (Å²) >= 11 is 0. The van der Waals surface area contributed by atoms with Crippen molar-refractivity contribution in [1.82, 2.24) is 4.98 Å². The van der Waals surface area contributed by atoms with Gasteiger partial charge in [-0.1, -0.05) is 6.07 Å². The first-order chi connectivity index (χ1) is 8.86. The third kappa shape index (κ3) is 3.23. The first kappa shape index (κ1) is 13.4. The minimum Gasteiger partial charge on any atom is -0.439 e. The van der Waals surface area contributed by atoms with Crippen LogP contribution in [-0.4, -0.2) is 19.7 Å². The predicted molar refractivity (Wildman–Crippen MR) is 73.0 cm³/mol. The molecule has 0 fully saturated rings. The van der Waals surface area contributed by atoms with Crippen molar-refractivity contribution < 1.29 is 13.2 Å². The predicted octanol–water partition coefficient (Wildman–Crippen LogP) is 2.17. The Labute approximate surface area is 112 Å². The fourth-order valence-corrected chi connectivity index (χ4v) is 2.14. The van der Waals surface area contributed by atoms with E-state index in [1.54, 1.807) is 18.2 Å². The van der Waals surface area contributed by atoms with Crippen LogP contribution >= 0.6 is 0 Å². The van der Waals surface area contributed by atoms with Gasteiger partial charge in [0, 0.05) is 12.3 Å². The lowest BCUT2D eigenvalue weighted by Gasteiger charge is -2.07. The maximum atomic E-state index is 11.4. The van der Waals surface area contributed by atoms with E-state index in [0.29, 0.717) is 17.3 Å². The highest BCUT2D eigenvalue weighted by Gasteiger charge is 2.09. The SMILES string of the molecule is Cc1cc(Oc2cccc(S(C)(=O)=O)c2)ncc1N. The zero-order valence-electron chi connectivity index (χ0n) is 10.6. The van der Waals surface area contributed by atoms with Crippen molar-refractivity contribution in [2.24, 2.45) is 0 Å². The summed E-state index contributed by atoms with van der Waals surface area (Å²) in [5.41, 5.74) is 7.10. The molecule has 0 spiro atoms. The third-order valence-corrected chi connectivity index (χ3v) is 3.69. The Morgan fingerprint density at radius 1 is 1.26 bits per heavy atom. The van der Waals surface area contributed by atoms with Gasteiger partial charge in [0.25, 0.3) is 0 Å². The summed E-state index contributed by atoms with van der Waals surface area (Å²) in [6.07, 6.45) is 2.66. The zero-order valence-corrected chi connectivity index (χ0v) is 11.4. The minimum atomic E-state index is -3.25. The van der Waals surface area contributed by atoms with E-state index in [2.05, 4.69) is 4.98 Å². The van der Waals surface area contributed by atoms with Crippen LogP contribution in [0.3, 0.4) is 0 Å². The highest BCUT2D eigenvalue weighted by atomic mass is 32.2. The van der Waals surface area contributed by atoms with E-state index < -0.39 is 9.84 Å². The molecule has 6 heteroatoms. The molecule has 0 aliphatic rings. The van der Waals surface area contributed by atoms with Crippen molar-refractivity contribution in [2.75, 3.05) is 12.0 Å². The number of nitrogens with zero attached hydrogens (tertiary/aromatic N) is 1. The number of anilines is 1. The summed E-state index contributed by atoms with van der Waals surface area (Å²) in [5.74, 6) is 0.789. The number of hydrogen-bond donors (Lipinski definition) is 1. The molecule has 19 heavy (non-hydrogen) atoms. The number of benzene rings is 1. The summed E-state index contributed by atoms with van der Waals surface area (Å²) in [7, 11) is -3.25. The van der Waals surface area contributed by atoms with E-state index in [4.69, 9.17) is 10.5 Å². The van der Waals surface area contributed by atoms with E-state index in [0.717, 1.165) is 11.8 Å². The van der Waals surface area contributed by atoms with Gasteiger partial charge in [-0.3, -0.25) is 0 Å². The van der Waals surface area contributed by atoms with Gasteiger partial charge >= 0.3 is 0 Å². The molecule has 2 aromatic rings. The summed E-state index contributed by atoms with van der Waals surface area (Å²) in [6.45, 7) is 1.84. The van der Waals surface area contributed by atoms with Gasteiger partial charge in [-0.2, -0.15) is 0 Å². The van der Waals surface area contributed by atoms with Gasteiger partial charge in [0.1, 0.15) is 5.75 Å². The smallest absolute Gasteiger partial charge is 0.219 e. The van der Waals surface area contributed by atoms with Crippen LogP contribution in [0.2, 0.25) is 0 Å². The van der Waals surface area contributed by atoms with Gasteiger partial charge in [-0.15, -0.1) is 0 Å². The highest BCUT2D eigenvalue weighted by Crippen LogP contribution is 2.24. The molecule has 0 saturated heterocycles. The van der Waals surface area contributed by atoms with Crippen molar-refractivity contribution in [2.45, 2.75) is 11.8 Å². The van der Waals surface area contributed by atoms with Gasteiger partial charge in [0.05, 0.1) is 16.8 Å². The molecule has 5 nitrogen and oxygen atoms in total. The molecule has 0 aliphatic heterocycles. The number of aryl methyl sites for hydroxylation is 1. The average molecular weight is 278 g/mol. The molecule has 1 aromatic heterocycles. The number of nitrogen functional groups attached to an aromatic ring is 1. The van der Waals surface area contributed by atoms with Crippen molar-refractivity contribution in [3.05, 3.63) is 42.1 Å². The van der Waals surface area contributed by atoms with Crippen LogP contribution in [0.1, 0.15) is 5.56 Å². The Morgan fingerprint density at radius 3 is 2.63 bits per heavy atom. The first-order valence-electron chi connectivity index (χ1n) is 5.56. The molecule has 2 N–H and O–H groups in total. The second kappa shape index (κ2) is 4.89. The molecule has 0 saturated carbocycles. The van der Waals surface area contributed by atoms with Crippen LogP contribution in [0.5, 0.6) is 11.6 Å². The molecule has 0 radical (unpaired) electrons. The van der Waals surface area contributed by atoms with Crippen LogP contribution in [0, 0.1) is 6.92 Å². The summed E-state index contributed by atoms with van der Waals surface area (Å²) in [6, 6.07) is 7.97. The third-order valence-electron chi connectivity index (χ3n) is 2.58. The standard InChI is InChI=1S/C13H14N2O3S/c1-9-6-13(15-8-12(9)14)18-10-4-3-5-11(7-10)19(2,16)17/h3-8H,14H2,1-2H3. The quantitative estimate of drug-likeness (QED) is 0.930. The largest absolute Gasteiger partial charge is 0.439 e. The monoisotopic (exact) mass is 278 g/mol. The lowest BCUT2D eigenvalue weighted by atomic mass is 10.2. The Hall–Kier alpha value is -2.08. The number of hydrogen-bond acceptors (Lipinski definition) is 5. The van der Waals surface area contributed by atoms with Gasteiger partial charge in [0.2, 0.25) is 5.88 Å². The molecule has 0 amide bonds. The number of aromatic nitrogens is 1. The topological polar surface area (TPSA) is 82.3 Å². The van der Waals surface area contributed by atoms with E-state index in [-0.39, 0.29) is 4.90 Å². The maximum Gasteiger partial charge on any atom is 0.219 e. The Kier molecular flexibility index (Phi) is 3.44. The second-order valence-electron chi connectivity index (χ2n) is 4.23. The number of rotatable bonds is 3. The van der Waals surface area contributed by atoms with Crippen molar-refractivity contribution in [3.8, 4) is 11.6 Å². The molecule has 1 aromatic carbocycles. The van der Waals surface area contributed by atoms with Crippen LogP contribution in [0.25, 0.3) is 0 Å². The van der Waals surface area contributed by atoms with Crippen molar-refractivity contribution in [1.29, 1.82) is 0 Å². The summed E-state index contributed by atoms with van der Waals surface area (Å²) in [4.78, 5) is 4.24. The Morgan fingerprint density at radius 2 is 2.00 bits per heavy atom. The van der Waals surface area contributed by atoms with E-state index in [1.807, 2.05) is 6.92 Å². The first-order valence-corrected chi connectivity index (χ1v) is 7.45. The number of sulfone groups is 1. The summed E-state index contributed by atoms with van der Waals surface area (Å²) in [5, 5.41) is 0. The van der Waals surface area contributed by atoms with Gasteiger partial charge in [-0.25, -0.2) is 13.4 Å². The minimum absolute atomic E-state index is 0.206. The zero-order chi connectivity index (χ0) is 14.0.